The molecule has 0 radical (unpaired) electrons. The summed E-state index contributed by atoms with van der Waals surface area (Å²) in [6, 6.07) is 0.0694. The van der Waals surface area contributed by atoms with Gasteiger partial charge in [-0.05, 0) is 39.0 Å². The molecule has 2 rings (SSSR count). The van der Waals surface area contributed by atoms with Crippen LogP contribution in [-0.2, 0) is 11.3 Å². The average Bonchev–Trinajstić information content (AvgIpc) is 2.84. The first-order valence-corrected chi connectivity index (χ1v) is 7.40. The largest absolute Gasteiger partial charge is 0.493 e. The first-order chi connectivity index (χ1) is 9.73. The summed E-state index contributed by atoms with van der Waals surface area (Å²) in [4.78, 5) is 0. The van der Waals surface area contributed by atoms with Crippen LogP contribution in [0, 0.1) is 5.92 Å². The van der Waals surface area contributed by atoms with Crippen molar-refractivity contribution in [3.05, 3.63) is 11.9 Å². The molecular weight excluding hydrogens is 256 g/mol. The summed E-state index contributed by atoms with van der Waals surface area (Å²) < 4.78 is 13.0. The van der Waals surface area contributed by atoms with Gasteiger partial charge in [0.1, 0.15) is 0 Å². The molecule has 114 valence electrons. The number of hydrazine groups is 1. The number of rotatable bonds is 8. The Morgan fingerprint density at radius 1 is 1.50 bits per heavy atom. The van der Waals surface area contributed by atoms with E-state index in [-0.39, 0.29) is 6.04 Å². The van der Waals surface area contributed by atoms with Crippen LogP contribution in [0.15, 0.2) is 6.20 Å². The van der Waals surface area contributed by atoms with E-state index < -0.39 is 0 Å². The average molecular weight is 282 g/mol. The fourth-order valence-corrected chi connectivity index (χ4v) is 2.97. The number of methoxy groups -OCH3 is 1. The van der Waals surface area contributed by atoms with Crippen LogP contribution >= 0.6 is 0 Å². The molecule has 6 nitrogen and oxygen atoms in total. The van der Waals surface area contributed by atoms with Crippen LogP contribution in [-0.4, -0.2) is 29.6 Å². The van der Waals surface area contributed by atoms with E-state index in [4.69, 9.17) is 15.3 Å². The van der Waals surface area contributed by atoms with Gasteiger partial charge in [0, 0.05) is 13.2 Å². The van der Waals surface area contributed by atoms with Gasteiger partial charge in [0.15, 0.2) is 5.75 Å². The molecule has 0 aliphatic heterocycles. The van der Waals surface area contributed by atoms with E-state index in [9.17, 15) is 0 Å². The first kappa shape index (κ1) is 15.3. The Kier molecular flexibility index (Phi) is 5.39. The zero-order chi connectivity index (χ0) is 14.5. The van der Waals surface area contributed by atoms with E-state index in [1.54, 1.807) is 13.3 Å². The second-order valence-electron chi connectivity index (χ2n) is 5.28. The van der Waals surface area contributed by atoms with Crippen LogP contribution in [0.2, 0.25) is 0 Å². The predicted octanol–water partition coefficient (Wildman–Crippen LogP) is 1.62. The number of nitrogens with two attached hydrogens (primary N) is 1. The number of nitrogens with zero attached hydrogens (tertiary/aromatic N) is 2. The van der Waals surface area contributed by atoms with E-state index in [0.717, 1.165) is 43.9 Å². The van der Waals surface area contributed by atoms with E-state index >= 15 is 0 Å². The highest BCUT2D eigenvalue weighted by Gasteiger charge is 2.33. The molecule has 1 aliphatic rings. The molecule has 1 unspecified atom stereocenters. The lowest BCUT2D eigenvalue weighted by Crippen LogP contribution is -2.37. The Balaban J connectivity index is 2.00. The Labute approximate surface area is 120 Å². The molecule has 3 N–H and O–H groups in total. The van der Waals surface area contributed by atoms with Gasteiger partial charge in [-0.2, -0.15) is 5.10 Å². The van der Waals surface area contributed by atoms with Gasteiger partial charge in [-0.25, -0.2) is 0 Å². The lowest BCUT2D eigenvalue weighted by molar-refractivity contribution is -0.0294. The van der Waals surface area contributed by atoms with Crippen LogP contribution in [0.5, 0.6) is 5.75 Å². The zero-order valence-electron chi connectivity index (χ0n) is 12.6. The van der Waals surface area contributed by atoms with Crippen molar-refractivity contribution in [2.24, 2.45) is 11.8 Å². The molecule has 1 saturated carbocycles. The van der Waals surface area contributed by atoms with Gasteiger partial charge >= 0.3 is 0 Å². The van der Waals surface area contributed by atoms with Crippen LogP contribution < -0.4 is 16.0 Å². The maximum Gasteiger partial charge on any atom is 0.161 e. The predicted molar refractivity (Wildman–Crippen MR) is 77.3 cm³/mol. The summed E-state index contributed by atoms with van der Waals surface area (Å²) in [5.74, 6) is 7.21. The molecule has 1 aromatic rings. The SMILES string of the molecule is CCOC1CC(CC(NN)c2c(OC)cnn2CC)C1. The Morgan fingerprint density at radius 3 is 2.80 bits per heavy atom. The van der Waals surface area contributed by atoms with Gasteiger partial charge in [0.25, 0.3) is 0 Å². The van der Waals surface area contributed by atoms with E-state index in [0.29, 0.717) is 12.0 Å². The maximum absolute atomic E-state index is 5.75. The molecule has 0 aromatic carbocycles. The number of hydrogen-bond donors (Lipinski definition) is 2. The molecule has 0 bridgehead atoms. The minimum Gasteiger partial charge on any atom is -0.493 e. The van der Waals surface area contributed by atoms with Crippen LogP contribution in [0.3, 0.4) is 0 Å². The van der Waals surface area contributed by atoms with E-state index in [1.807, 2.05) is 11.6 Å². The lowest BCUT2D eigenvalue weighted by Gasteiger charge is -2.37. The maximum atomic E-state index is 5.75. The fraction of sp³-hybridized carbons (Fsp3) is 0.786. The molecule has 0 spiro atoms. The van der Waals surface area contributed by atoms with Crippen molar-refractivity contribution in [1.82, 2.24) is 15.2 Å². The quantitative estimate of drug-likeness (QED) is 0.560. The number of nitrogens with one attached hydrogen (secondary N) is 1. The van der Waals surface area contributed by atoms with Gasteiger partial charge in [-0.1, -0.05) is 0 Å². The monoisotopic (exact) mass is 282 g/mol. The minimum atomic E-state index is 0.0694. The third kappa shape index (κ3) is 3.13. The van der Waals surface area contributed by atoms with Crippen LogP contribution in [0.4, 0.5) is 0 Å². The summed E-state index contributed by atoms with van der Waals surface area (Å²) >= 11 is 0. The van der Waals surface area contributed by atoms with Crippen molar-refractivity contribution in [2.45, 2.75) is 51.8 Å². The molecule has 1 heterocycles. The van der Waals surface area contributed by atoms with Gasteiger partial charge in [-0.15, -0.1) is 0 Å². The van der Waals surface area contributed by atoms with Gasteiger partial charge in [-0.3, -0.25) is 16.0 Å². The minimum absolute atomic E-state index is 0.0694. The Morgan fingerprint density at radius 2 is 2.25 bits per heavy atom. The number of ether oxygens (including phenoxy) is 2. The summed E-state index contributed by atoms with van der Waals surface area (Å²) in [6.07, 6.45) is 5.42. The first-order valence-electron chi connectivity index (χ1n) is 7.40. The summed E-state index contributed by atoms with van der Waals surface area (Å²) in [7, 11) is 1.67. The second kappa shape index (κ2) is 7.06. The summed E-state index contributed by atoms with van der Waals surface area (Å²) in [5.41, 5.74) is 3.96. The van der Waals surface area contributed by atoms with Crippen molar-refractivity contribution in [1.29, 1.82) is 0 Å². The molecule has 0 saturated heterocycles. The third-order valence-electron chi connectivity index (χ3n) is 4.06. The third-order valence-corrected chi connectivity index (χ3v) is 4.06. The zero-order valence-corrected chi connectivity index (χ0v) is 12.6. The summed E-state index contributed by atoms with van der Waals surface area (Å²) in [5, 5.41) is 4.34. The van der Waals surface area contributed by atoms with Gasteiger partial charge in [0.2, 0.25) is 0 Å². The fourth-order valence-electron chi connectivity index (χ4n) is 2.97. The standard InChI is InChI=1S/C14H26N4O2/c1-4-18-14(13(19-3)9-16-18)12(17-15)8-10-6-11(7-10)20-5-2/h9-12,17H,4-8,15H2,1-3H3. The number of aromatic nitrogens is 2. The summed E-state index contributed by atoms with van der Waals surface area (Å²) in [6.45, 7) is 5.72. The highest BCUT2D eigenvalue weighted by Crippen LogP contribution is 2.38. The molecule has 0 amide bonds. The molecule has 1 aliphatic carbocycles. The topological polar surface area (TPSA) is 74.3 Å². The molecule has 1 atom stereocenters. The number of hydrogen-bond acceptors (Lipinski definition) is 5. The molecular formula is C14H26N4O2. The number of aryl methyl sites for hydroxylation is 1. The molecule has 6 heteroatoms. The van der Waals surface area contributed by atoms with Gasteiger partial charge < -0.3 is 9.47 Å². The van der Waals surface area contributed by atoms with Crippen molar-refractivity contribution in [3.8, 4) is 5.75 Å². The van der Waals surface area contributed by atoms with Crippen molar-refractivity contribution >= 4 is 0 Å². The lowest BCUT2D eigenvalue weighted by atomic mass is 9.78. The molecule has 1 aromatic heterocycles. The van der Waals surface area contributed by atoms with Crippen LogP contribution in [0.1, 0.15) is 44.8 Å². The Hall–Kier alpha value is -1.11. The highest BCUT2D eigenvalue weighted by atomic mass is 16.5. The highest BCUT2D eigenvalue weighted by molar-refractivity contribution is 5.28. The van der Waals surface area contributed by atoms with Crippen LogP contribution in [0.25, 0.3) is 0 Å². The normalized spacial score (nSPS) is 23.4. The Bertz CT molecular complexity index is 394. The smallest absolute Gasteiger partial charge is 0.161 e. The van der Waals surface area contributed by atoms with Crippen molar-refractivity contribution in [3.63, 3.8) is 0 Å². The van der Waals surface area contributed by atoms with Gasteiger partial charge in [0.05, 0.1) is 31.1 Å². The second-order valence-corrected chi connectivity index (χ2v) is 5.28. The van der Waals surface area contributed by atoms with Crippen molar-refractivity contribution < 1.29 is 9.47 Å². The van der Waals surface area contributed by atoms with E-state index in [1.165, 1.54) is 0 Å². The molecule has 20 heavy (non-hydrogen) atoms. The molecule has 1 fully saturated rings. The van der Waals surface area contributed by atoms with E-state index in [2.05, 4.69) is 17.4 Å². The van der Waals surface area contributed by atoms with Crippen molar-refractivity contribution in [2.75, 3.05) is 13.7 Å².